The molecule has 1 N–H and O–H groups in total. The van der Waals surface area contributed by atoms with E-state index in [9.17, 15) is 10.0 Å². The Labute approximate surface area is 91.2 Å². The molecule has 0 aliphatic carbocycles. The molecular formula is C9H9ClN2O3. The van der Waals surface area contributed by atoms with Crippen LogP contribution < -0.4 is 10.0 Å². The minimum absolute atomic E-state index is 0.0417. The zero-order chi connectivity index (χ0) is 11.0. The summed E-state index contributed by atoms with van der Waals surface area (Å²) < 4.78 is 5.02. The third-order valence-corrected chi connectivity index (χ3v) is 2.68. The highest BCUT2D eigenvalue weighted by atomic mass is 35.5. The maximum absolute atomic E-state index is 11.5. The van der Waals surface area contributed by atoms with Gasteiger partial charge in [0.25, 0.3) is 0 Å². The van der Waals surface area contributed by atoms with Gasteiger partial charge in [-0.2, -0.15) is 4.73 Å². The molecule has 1 aromatic heterocycles. The molecule has 15 heavy (non-hydrogen) atoms. The lowest BCUT2D eigenvalue weighted by atomic mass is 10.1. The Morgan fingerprint density at radius 1 is 1.80 bits per heavy atom. The Bertz CT molecular complexity index is 422. The number of fused-ring (bicyclic) bond motifs is 1. The predicted octanol–water partition coefficient (Wildman–Crippen LogP) is 0.812. The van der Waals surface area contributed by atoms with Crippen molar-refractivity contribution in [3.05, 3.63) is 28.7 Å². The first-order chi connectivity index (χ1) is 7.15. The first-order valence-electron chi connectivity index (χ1n) is 4.37. The van der Waals surface area contributed by atoms with Gasteiger partial charge in [-0.05, 0) is 0 Å². The van der Waals surface area contributed by atoms with Crippen molar-refractivity contribution in [2.24, 2.45) is 0 Å². The standard InChI is InChI=1S/C9H9ClN2O3/c1-15-9(13)8-7-5(10)4-11-6(7)2-3-12(8)14/h2-3,5,11H,4H2,1H3. The summed E-state index contributed by atoms with van der Waals surface area (Å²) in [5.74, 6) is -0.670. The molecule has 1 aromatic rings. The first-order valence-corrected chi connectivity index (χ1v) is 4.81. The van der Waals surface area contributed by atoms with Crippen LogP contribution in [0.25, 0.3) is 0 Å². The van der Waals surface area contributed by atoms with Gasteiger partial charge >= 0.3 is 11.7 Å². The number of methoxy groups -OCH3 is 1. The summed E-state index contributed by atoms with van der Waals surface area (Å²) in [5, 5.41) is 14.1. The number of aromatic nitrogens is 1. The van der Waals surface area contributed by atoms with E-state index in [0.717, 1.165) is 0 Å². The van der Waals surface area contributed by atoms with Crippen molar-refractivity contribution in [1.29, 1.82) is 0 Å². The molecule has 2 rings (SSSR count). The minimum Gasteiger partial charge on any atom is -0.618 e. The third-order valence-electron chi connectivity index (χ3n) is 2.31. The van der Waals surface area contributed by atoms with Gasteiger partial charge in [0.2, 0.25) is 0 Å². The van der Waals surface area contributed by atoms with Gasteiger partial charge in [-0.25, -0.2) is 4.79 Å². The number of rotatable bonds is 1. The van der Waals surface area contributed by atoms with Crippen molar-refractivity contribution < 1.29 is 14.3 Å². The monoisotopic (exact) mass is 228 g/mol. The third kappa shape index (κ3) is 1.48. The second-order valence-corrected chi connectivity index (χ2v) is 3.68. The van der Waals surface area contributed by atoms with Crippen LogP contribution in [0.15, 0.2) is 12.3 Å². The van der Waals surface area contributed by atoms with Gasteiger partial charge in [-0.15, -0.1) is 11.6 Å². The number of esters is 1. The quantitative estimate of drug-likeness (QED) is 0.334. The maximum atomic E-state index is 11.5. The van der Waals surface area contributed by atoms with E-state index in [-0.39, 0.29) is 11.1 Å². The zero-order valence-corrected chi connectivity index (χ0v) is 8.75. The van der Waals surface area contributed by atoms with Crippen LogP contribution in [0, 0.1) is 5.21 Å². The van der Waals surface area contributed by atoms with E-state index >= 15 is 0 Å². The van der Waals surface area contributed by atoms with Gasteiger partial charge in [0.05, 0.1) is 23.7 Å². The molecule has 0 fully saturated rings. The van der Waals surface area contributed by atoms with Crippen molar-refractivity contribution in [2.45, 2.75) is 5.38 Å². The number of hydrogen-bond donors (Lipinski definition) is 1. The SMILES string of the molecule is COC(=O)c1c2c(cc[n+]1[O-])NCC2Cl. The predicted molar refractivity (Wildman–Crippen MR) is 53.8 cm³/mol. The Morgan fingerprint density at radius 2 is 2.53 bits per heavy atom. The van der Waals surface area contributed by atoms with Crippen LogP contribution in [0.5, 0.6) is 0 Å². The molecule has 6 heteroatoms. The molecule has 5 nitrogen and oxygen atoms in total. The van der Waals surface area contributed by atoms with Crippen molar-refractivity contribution in [3.63, 3.8) is 0 Å². The fraction of sp³-hybridized carbons (Fsp3) is 0.333. The fourth-order valence-electron chi connectivity index (χ4n) is 1.62. The first kappa shape index (κ1) is 10.0. The van der Waals surface area contributed by atoms with Crippen molar-refractivity contribution >= 4 is 23.3 Å². The van der Waals surface area contributed by atoms with Crippen LogP contribution in [-0.4, -0.2) is 19.6 Å². The average molecular weight is 229 g/mol. The number of nitrogens with zero attached hydrogens (tertiary/aromatic N) is 1. The van der Waals surface area contributed by atoms with Crippen LogP contribution in [0.2, 0.25) is 0 Å². The number of hydrogen-bond acceptors (Lipinski definition) is 4. The molecule has 0 saturated heterocycles. The van der Waals surface area contributed by atoms with Crippen LogP contribution in [-0.2, 0) is 4.74 Å². The molecule has 1 aliphatic rings. The summed E-state index contributed by atoms with van der Waals surface area (Å²) in [6.45, 7) is 0.505. The number of halogens is 1. The van der Waals surface area contributed by atoms with Gasteiger partial charge in [0.15, 0.2) is 6.20 Å². The lowest BCUT2D eigenvalue weighted by Gasteiger charge is -2.07. The maximum Gasteiger partial charge on any atom is 0.405 e. The van der Waals surface area contributed by atoms with Crippen molar-refractivity contribution in [3.8, 4) is 0 Å². The molecule has 0 aromatic carbocycles. The number of alkyl halides is 1. The lowest BCUT2D eigenvalue weighted by molar-refractivity contribution is -0.608. The van der Waals surface area contributed by atoms with Crippen molar-refractivity contribution in [2.75, 3.05) is 19.0 Å². The number of nitrogens with one attached hydrogen (secondary N) is 1. The highest BCUT2D eigenvalue weighted by Crippen LogP contribution is 2.35. The molecule has 0 bridgehead atoms. The zero-order valence-electron chi connectivity index (χ0n) is 7.99. The second-order valence-electron chi connectivity index (χ2n) is 3.16. The van der Waals surface area contributed by atoms with Crippen LogP contribution in [0.1, 0.15) is 21.4 Å². The summed E-state index contributed by atoms with van der Waals surface area (Å²) in [6.07, 6.45) is 1.26. The Morgan fingerprint density at radius 3 is 3.20 bits per heavy atom. The number of carbonyl (C=O) groups excluding carboxylic acids is 1. The topological polar surface area (TPSA) is 65.3 Å². The summed E-state index contributed by atoms with van der Waals surface area (Å²) in [5.41, 5.74) is 1.18. The Kier molecular flexibility index (Phi) is 2.40. The van der Waals surface area contributed by atoms with E-state index < -0.39 is 5.97 Å². The molecule has 0 spiro atoms. The van der Waals surface area contributed by atoms with Crippen LogP contribution in [0.4, 0.5) is 5.69 Å². The molecule has 1 unspecified atom stereocenters. The van der Waals surface area contributed by atoms with Gasteiger partial charge in [0.1, 0.15) is 0 Å². The normalized spacial score (nSPS) is 18.1. The smallest absolute Gasteiger partial charge is 0.405 e. The summed E-state index contributed by atoms with van der Waals surface area (Å²) >= 11 is 6.00. The number of pyridine rings is 1. The van der Waals surface area contributed by atoms with Gasteiger partial charge in [-0.3, -0.25) is 0 Å². The van der Waals surface area contributed by atoms with E-state index in [0.29, 0.717) is 22.5 Å². The summed E-state index contributed by atoms with van der Waals surface area (Å²) in [6, 6.07) is 1.59. The highest BCUT2D eigenvalue weighted by Gasteiger charge is 2.33. The van der Waals surface area contributed by atoms with E-state index in [1.54, 1.807) is 6.07 Å². The van der Waals surface area contributed by atoms with E-state index in [1.165, 1.54) is 13.3 Å². The molecule has 2 heterocycles. The second kappa shape index (κ2) is 3.58. The summed E-state index contributed by atoms with van der Waals surface area (Å²) in [7, 11) is 1.23. The number of carbonyl (C=O) groups is 1. The average Bonchev–Trinajstić information content (AvgIpc) is 2.60. The Hall–Kier alpha value is -1.49. The van der Waals surface area contributed by atoms with Gasteiger partial charge in [-0.1, -0.05) is 0 Å². The number of anilines is 1. The molecule has 1 aliphatic heterocycles. The number of ether oxygens (including phenoxy) is 1. The summed E-state index contributed by atoms with van der Waals surface area (Å²) in [4.78, 5) is 11.4. The van der Waals surface area contributed by atoms with E-state index in [2.05, 4.69) is 10.1 Å². The molecule has 0 amide bonds. The van der Waals surface area contributed by atoms with Crippen molar-refractivity contribution in [1.82, 2.24) is 0 Å². The Balaban J connectivity index is 2.62. The molecule has 0 radical (unpaired) electrons. The minimum atomic E-state index is -0.670. The largest absolute Gasteiger partial charge is 0.618 e. The molecule has 1 atom stereocenters. The molecule has 0 saturated carbocycles. The van der Waals surface area contributed by atoms with Gasteiger partial charge in [0, 0.05) is 12.6 Å². The molecular weight excluding hydrogens is 220 g/mol. The highest BCUT2D eigenvalue weighted by molar-refractivity contribution is 6.22. The van der Waals surface area contributed by atoms with Crippen LogP contribution >= 0.6 is 11.6 Å². The fourth-order valence-corrected chi connectivity index (χ4v) is 1.92. The van der Waals surface area contributed by atoms with E-state index in [1.807, 2.05) is 0 Å². The van der Waals surface area contributed by atoms with Crippen LogP contribution in [0.3, 0.4) is 0 Å². The van der Waals surface area contributed by atoms with E-state index in [4.69, 9.17) is 11.6 Å². The van der Waals surface area contributed by atoms with Gasteiger partial charge < -0.3 is 15.3 Å². The molecule has 80 valence electrons. The lowest BCUT2D eigenvalue weighted by Crippen LogP contribution is -2.36.